The second kappa shape index (κ2) is 1.46. The monoisotopic (exact) mass is 100 g/mol. The minimum atomic E-state index is -0.556. The third-order valence-electron chi connectivity index (χ3n) is 1.13. The molecule has 2 nitrogen and oxygen atoms in total. The fraction of sp³-hybridized carbons (Fsp3) is 0.800. The second-order valence-corrected chi connectivity index (χ2v) is 2.02. The van der Waals surface area contributed by atoms with Gasteiger partial charge in [-0.1, -0.05) is 0 Å². The first-order chi connectivity index (χ1) is 3.21. The van der Waals surface area contributed by atoms with Gasteiger partial charge in [0.1, 0.15) is 5.72 Å². The molecule has 1 radical (unpaired) electrons. The van der Waals surface area contributed by atoms with Crippen LogP contribution in [0.1, 0.15) is 12.8 Å². The maximum atomic E-state index is 5.44. The van der Waals surface area contributed by atoms with Crippen LogP contribution in [0.25, 0.3) is 0 Å². The maximum Gasteiger partial charge on any atom is 0.116 e. The Morgan fingerprint density at radius 3 is 2.57 bits per heavy atom. The first kappa shape index (κ1) is 5.06. The summed E-state index contributed by atoms with van der Waals surface area (Å²) < 4.78 is 5.01. The van der Waals surface area contributed by atoms with Gasteiger partial charge in [-0.05, 0) is 19.8 Å². The summed E-state index contributed by atoms with van der Waals surface area (Å²) in [4.78, 5) is 0. The average molecular weight is 100 g/mol. The van der Waals surface area contributed by atoms with Gasteiger partial charge in [0.2, 0.25) is 0 Å². The first-order valence-corrected chi connectivity index (χ1v) is 2.49. The highest BCUT2D eigenvalue weighted by atomic mass is 16.5. The molecule has 0 saturated carbocycles. The van der Waals surface area contributed by atoms with Crippen LogP contribution < -0.4 is 5.73 Å². The lowest BCUT2D eigenvalue weighted by Crippen LogP contribution is -2.34. The van der Waals surface area contributed by atoms with E-state index in [-0.39, 0.29) is 0 Å². The lowest BCUT2D eigenvalue weighted by atomic mass is 10.2. The van der Waals surface area contributed by atoms with E-state index in [1.165, 1.54) is 0 Å². The van der Waals surface area contributed by atoms with E-state index in [9.17, 15) is 0 Å². The molecule has 7 heavy (non-hydrogen) atoms. The van der Waals surface area contributed by atoms with E-state index in [1.54, 1.807) is 0 Å². The van der Waals surface area contributed by atoms with Crippen molar-refractivity contribution >= 4 is 0 Å². The number of ether oxygens (including phenoxy) is 1. The molecule has 0 bridgehead atoms. The molecule has 0 aliphatic carbocycles. The van der Waals surface area contributed by atoms with Crippen LogP contribution in [0.5, 0.6) is 0 Å². The van der Waals surface area contributed by atoms with E-state index in [4.69, 9.17) is 10.5 Å². The molecular formula is C5H10NO. The summed E-state index contributed by atoms with van der Waals surface area (Å²) >= 11 is 0. The van der Waals surface area contributed by atoms with E-state index in [1.807, 2.05) is 0 Å². The quantitative estimate of drug-likeness (QED) is 0.474. The maximum absolute atomic E-state index is 5.44. The van der Waals surface area contributed by atoms with Crippen molar-refractivity contribution in [3.8, 4) is 0 Å². The van der Waals surface area contributed by atoms with Crippen LogP contribution >= 0.6 is 0 Å². The van der Waals surface area contributed by atoms with Gasteiger partial charge >= 0.3 is 0 Å². The normalized spacial score (nSPS) is 42.0. The molecule has 1 aliphatic heterocycles. The van der Waals surface area contributed by atoms with Gasteiger partial charge in [0, 0.05) is 6.61 Å². The van der Waals surface area contributed by atoms with Crippen molar-refractivity contribution in [2.45, 2.75) is 18.6 Å². The summed E-state index contributed by atoms with van der Waals surface area (Å²) in [6.45, 7) is 4.40. The minimum Gasteiger partial charge on any atom is -0.361 e. The van der Waals surface area contributed by atoms with Crippen LogP contribution in [-0.4, -0.2) is 12.3 Å². The molecule has 41 valence electrons. The zero-order valence-electron chi connectivity index (χ0n) is 4.31. The first-order valence-electron chi connectivity index (χ1n) is 2.49. The average Bonchev–Trinajstić information content (AvgIpc) is 1.84. The smallest absolute Gasteiger partial charge is 0.116 e. The van der Waals surface area contributed by atoms with Crippen LogP contribution in [0, 0.1) is 6.92 Å². The highest BCUT2D eigenvalue weighted by Crippen LogP contribution is 2.17. The van der Waals surface area contributed by atoms with Gasteiger partial charge in [0.15, 0.2) is 0 Å². The molecule has 0 aromatic heterocycles. The molecule has 0 aromatic carbocycles. The molecule has 1 rings (SSSR count). The van der Waals surface area contributed by atoms with Crippen molar-refractivity contribution in [1.29, 1.82) is 0 Å². The molecule has 0 spiro atoms. The van der Waals surface area contributed by atoms with E-state index < -0.39 is 5.72 Å². The summed E-state index contributed by atoms with van der Waals surface area (Å²) in [6.07, 6.45) is 1.95. The molecular weight excluding hydrogens is 90.1 g/mol. The lowest BCUT2D eigenvalue weighted by Gasteiger charge is -2.14. The Bertz CT molecular complexity index is 62.5. The van der Waals surface area contributed by atoms with Crippen molar-refractivity contribution in [2.24, 2.45) is 5.73 Å². The van der Waals surface area contributed by atoms with Gasteiger partial charge in [-0.25, -0.2) is 0 Å². The summed E-state index contributed by atoms with van der Waals surface area (Å²) in [5.74, 6) is 0. The predicted molar refractivity (Wildman–Crippen MR) is 27.5 cm³/mol. The Morgan fingerprint density at radius 2 is 2.43 bits per heavy atom. The van der Waals surface area contributed by atoms with E-state index in [2.05, 4.69) is 6.92 Å². The van der Waals surface area contributed by atoms with Crippen molar-refractivity contribution < 1.29 is 4.74 Å². The second-order valence-electron chi connectivity index (χ2n) is 2.02. The molecule has 1 aliphatic rings. The number of rotatable bonds is 0. The van der Waals surface area contributed by atoms with Crippen molar-refractivity contribution in [2.75, 3.05) is 6.61 Å². The Kier molecular flexibility index (Phi) is 1.05. The van der Waals surface area contributed by atoms with Crippen LogP contribution in [0.15, 0.2) is 0 Å². The standard InChI is InChI=1S/C5H10NO/c1-5(6)3-2-4-7-5/h1-4,6H2. The summed E-state index contributed by atoms with van der Waals surface area (Å²) in [5, 5.41) is 0. The Hall–Kier alpha value is -0.0800. The van der Waals surface area contributed by atoms with Gasteiger partial charge in [0.05, 0.1) is 0 Å². The van der Waals surface area contributed by atoms with Gasteiger partial charge in [-0.2, -0.15) is 0 Å². The van der Waals surface area contributed by atoms with Gasteiger partial charge < -0.3 is 10.5 Å². The molecule has 1 atom stereocenters. The Morgan fingerprint density at radius 1 is 1.71 bits per heavy atom. The predicted octanol–water partition coefficient (Wildman–Crippen LogP) is 0.286. The molecule has 1 heterocycles. The number of nitrogens with two attached hydrogens (primary N) is 1. The molecule has 1 fully saturated rings. The SMILES string of the molecule is [CH2]C1(N)CCCO1. The Labute approximate surface area is 43.6 Å². The molecule has 2 heteroatoms. The van der Waals surface area contributed by atoms with E-state index in [0.717, 1.165) is 19.4 Å². The molecule has 2 N–H and O–H groups in total. The Balaban J connectivity index is 2.40. The highest BCUT2D eigenvalue weighted by Gasteiger charge is 2.23. The largest absolute Gasteiger partial charge is 0.361 e. The van der Waals surface area contributed by atoms with E-state index in [0.29, 0.717) is 0 Å². The van der Waals surface area contributed by atoms with Crippen molar-refractivity contribution in [1.82, 2.24) is 0 Å². The van der Waals surface area contributed by atoms with Crippen molar-refractivity contribution in [3.05, 3.63) is 6.92 Å². The molecule has 1 saturated heterocycles. The number of hydrogen-bond acceptors (Lipinski definition) is 2. The van der Waals surface area contributed by atoms with Gasteiger partial charge in [0.25, 0.3) is 0 Å². The van der Waals surface area contributed by atoms with Gasteiger partial charge in [-0.15, -0.1) is 0 Å². The van der Waals surface area contributed by atoms with Crippen LogP contribution in [0.2, 0.25) is 0 Å². The third-order valence-corrected chi connectivity index (χ3v) is 1.13. The minimum absolute atomic E-state index is 0.556. The third kappa shape index (κ3) is 1.14. The van der Waals surface area contributed by atoms with Crippen molar-refractivity contribution in [3.63, 3.8) is 0 Å². The fourth-order valence-electron chi connectivity index (χ4n) is 0.719. The fourth-order valence-corrected chi connectivity index (χ4v) is 0.719. The number of hydrogen-bond donors (Lipinski definition) is 1. The lowest BCUT2D eigenvalue weighted by molar-refractivity contribution is 0.0485. The van der Waals surface area contributed by atoms with Crippen LogP contribution in [0.4, 0.5) is 0 Å². The van der Waals surface area contributed by atoms with E-state index >= 15 is 0 Å². The zero-order valence-corrected chi connectivity index (χ0v) is 4.31. The van der Waals surface area contributed by atoms with Crippen LogP contribution in [-0.2, 0) is 4.74 Å². The summed E-state index contributed by atoms with van der Waals surface area (Å²) in [7, 11) is 0. The van der Waals surface area contributed by atoms with Crippen LogP contribution in [0.3, 0.4) is 0 Å². The van der Waals surface area contributed by atoms with Gasteiger partial charge in [-0.3, -0.25) is 0 Å². The topological polar surface area (TPSA) is 35.2 Å². The zero-order chi connectivity index (χ0) is 5.33. The molecule has 1 unspecified atom stereocenters. The summed E-state index contributed by atoms with van der Waals surface area (Å²) in [6, 6.07) is 0. The molecule has 0 amide bonds. The highest BCUT2D eigenvalue weighted by molar-refractivity contribution is 4.79. The molecule has 0 aromatic rings. The summed E-state index contributed by atoms with van der Waals surface area (Å²) in [5.41, 5.74) is 4.89.